The highest BCUT2D eigenvalue weighted by atomic mass is 16.2. The zero-order valence-corrected chi connectivity index (χ0v) is 21.8. The van der Waals surface area contributed by atoms with Gasteiger partial charge < -0.3 is 10.6 Å². The highest BCUT2D eigenvalue weighted by molar-refractivity contribution is 5.92. The predicted molar refractivity (Wildman–Crippen MR) is 149 cm³/mol. The van der Waals surface area contributed by atoms with E-state index < -0.39 is 0 Å². The van der Waals surface area contributed by atoms with Crippen molar-refractivity contribution in [2.75, 3.05) is 39.5 Å². The minimum absolute atomic E-state index is 0.123. The van der Waals surface area contributed by atoms with Crippen molar-refractivity contribution < 1.29 is 4.79 Å². The van der Waals surface area contributed by atoms with E-state index in [9.17, 15) is 4.79 Å². The molecule has 1 atom stereocenters. The molecule has 0 spiro atoms. The fourth-order valence-electron chi connectivity index (χ4n) is 5.46. The van der Waals surface area contributed by atoms with Gasteiger partial charge in [-0.3, -0.25) is 14.4 Å². The van der Waals surface area contributed by atoms with Crippen LogP contribution in [0.25, 0.3) is 27.5 Å². The number of aromatic nitrogens is 5. The Morgan fingerprint density at radius 3 is 2.79 bits per heavy atom. The lowest BCUT2D eigenvalue weighted by atomic mass is 9.94. The van der Waals surface area contributed by atoms with Crippen LogP contribution < -0.4 is 5.73 Å². The molecule has 9 nitrogen and oxygen atoms in total. The summed E-state index contributed by atoms with van der Waals surface area (Å²) in [4.78, 5) is 20.5. The van der Waals surface area contributed by atoms with Gasteiger partial charge in [0.15, 0.2) is 5.82 Å². The Labute approximate surface area is 221 Å². The number of anilines is 1. The second-order valence-electron chi connectivity index (χ2n) is 10.3. The van der Waals surface area contributed by atoms with Crippen molar-refractivity contribution in [1.82, 2.24) is 34.2 Å². The van der Waals surface area contributed by atoms with Crippen LogP contribution in [0.4, 0.5) is 5.82 Å². The van der Waals surface area contributed by atoms with E-state index in [-0.39, 0.29) is 11.8 Å². The van der Waals surface area contributed by atoms with Crippen molar-refractivity contribution in [2.24, 2.45) is 0 Å². The Hall–Kier alpha value is -4.24. The predicted octanol–water partition coefficient (Wildman–Crippen LogP) is 3.64. The Kier molecular flexibility index (Phi) is 6.29. The van der Waals surface area contributed by atoms with Crippen molar-refractivity contribution in [3.63, 3.8) is 0 Å². The first-order valence-electron chi connectivity index (χ1n) is 13.0. The molecule has 0 bridgehead atoms. The van der Waals surface area contributed by atoms with Crippen LogP contribution in [0.2, 0.25) is 0 Å². The number of nitrogens with zero attached hydrogens (tertiary/aromatic N) is 7. The molecule has 1 unspecified atom stereocenters. The number of amides is 1. The monoisotopic (exact) mass is 508 g/mol. The zero-order chi connectivity index (χ0) is 26.2. The van der Waals surface area contributed by atoms with E-state index in [0.29, 0.717) is 12.4 Å². The largest absolute Gasteiger partial charge is 0.382 e. The summed E-state index contributed by atoms with van der Waals surface area (Å²) in [5.74, 6) is 0.812. The SMILES string of the molecule is CN(C)C(=O)CN1CCCC(c2cc(-c3ccc4cn(Cc5ccccc5)nc4c3)c3c(N)ncnn23)C1. The first-order chi connectivity index (χ1) is 18.5. The Morgan fingerprint density at radius 1 is 1.13 bits per heavy atom. The van der Waals surface area contributed by atoms with Crippen molar-refractivity contribution in [1.29, 1.82) is 0 Å². The minimum Gasteiger partial charge on any atom is -0.382 e. The van der Waals surface area contributed by atoms with E-state index in [1.54, 1.807) is 19.0 Å². The molecule has 2 aromatic carbocycles. The summed E-state index contributed by atoms with van der Waals surface area (Å²) in [7, 11) is 3.61. The molecule has 1 fully saturated rings. The van der Waals surface area contributed by atoms with Crippen LogP contribution in [0.15, 0.2) is 67.1 Å². The Bertz CT molecular complexity index is 1600. The van der Waals surface area contributed by atoms with Crippen molar-refractivity contribution >= 4 is 28.1 Å². The molecule has 5 aromatic rings. The number of hydrogen-bond donors (Lipinski definition) is 1. The maximum absolute atomic E-state index is 12.3. The van der Waals surface area contributed by atoms with E-state index in [1.807, 2.05) is 27.4 Å². The van der Waals surface area contributed by atoms with Crippen molar-refractivity contribution in [2.45, 2.75) is 25.3 Å². The van der Waals surface area contributed by atoms with Gasteiger partial charge in [-0.05, 0) is 42.6 Å². The molecule has 9 heteroatoms. The Morgan fingerprint density at radius 2 is 1.97 bits per heavy atom. The Balaban J connectivity index is 1.35. The molecule has 1 amide bonds. The van der Waals surface area contributed by atoms with Crippen LogP contribution >= 0.6 is 0 Å². The number of benzene rings is 2. The summed E-state index contributed by atoms with van der Waals surface area (Å²) >= 11 is 0. The first kappa shape index (κ1) is 24.1. The van der Waals surface area contributed by atoms with Crippen LogP contribution in [-0.2, 0) is 11.3 Å². The minimum atomic E-state index is 0.123. The second-order valence-corrected chi connectivity index (χ2v) is 10.3. The molecule has 0 saturated carbocycles. The molecular weight excluding hydrogens is 476 g/mol. The van der Waals surface area contributed by atoms with Crippen LogP contribution in [-0.4, -0.2) is 73.8 Å². The number of fused-ring (bicyclic) bond motifs is 2. The summed E-state index contributed by atoms with van der Waals surface area (Å²) in [6, 6.07) is 18.9. The van der Waals surface area contributed by atoms with E-state index in [4.69, 9.17) is 10.8 Å². The number of hydrogen-bond acceptors (Lipinski definition) is 6. The molecule has 6 rings (SSSR count). The van der Waals surface area contributed by atoms with E-state index in [0.717, 1.165) is 65.7 Å². The number of nitrogen functional groups attached to an aromatic ring is 1. The molecule has 1 saturated heterocycles. The summed E-state index contributed by atoms with van der Waals surface area (Å²) in [5.41, 5.74) is 12.5. The number of likely N-dealkylation sites (tertiary alicyclic amines) is 1. The lowest BCUT2D eigenvalue weighted by Crippen LogP contribution is -2.41. The van der Waals surface area contributed by atoms with Gasteiger partial charge in [0, 0.05) is 49.4 Å². The van der Waals surface area contributed by atoms with Gasteiger partial charge in [-0.25, -0.2) is 9.50 Å². The van der Waals surface area contributed by atoms with E-state index in [2.05, 4.69) is 57.6 Å². The quantitative estimate of drug-likeness (QED) is 0.376. The fraction of sp³-hybridized carbons (Fsp3) is 0.310. The van der Waals surface area contributed by atoms with Crippen LogP contribution in [0.5, 0.6) is 0 Å². The third kappa shape index (κ3) is 4.61. The summed E-state index contributed by atoms with van der Waals surface area (Å²) < 4.78 is 3.92. The van der Waals surface area contributed by atoms with Gasteiger partial charge >= 0.3 is 0 Å². The number of carbonyl (C=O) groups excluding carboxylic acids is 1. The van der Waals surface area contributed by atoms with Gasteiger partial charge in [0.25, 0.3) is 0 Å². The summed E-state index contributed by atoms with van der Waals surface area (Å²) in [6.45, 7) is 2.88. The van der Waals surface area contributed by atoms with E-state index >= 15 is 0 Å². The molecule has 38 heavy (non-hydrogen) atoms. The molecule has 194 valence electrons. The third-order valence-electron chi connectivity index (χ3n) is 7.44. The topological polar surface area (TPSA) is 97.6 Å². The molecule has 3 aromatic heterocycles. The maximum atomic E-state index is 12.3. The highest BCUT2D eigenvalue weighted by Crippen LogP contribution is 2.36. The van der Waals surface area contributed by atoms with Gasteiger partial charge in [0.1, 0.15) is 11.8 Å². The van der Waals surface area contributed by atoms with Gasteiger partial charge in [-0.15, -0.1) is 0 Å². The molecule has 2 N–H and O–H groups in total. The molecule has 4 heterocycles. The zero-order valence-electron chi connectivity index (χ0n) is 21.8. The number of rotatable bonds is 6. The van der Waals surface area contributed by atoms with Crippen molar-refractivity contribution in [3.8, 4) is 11.1 Å². The van der Waals surface area contributed by atoms with Gasteiger partial charge in [-0.1, -0.05) is 42.5 Å². The molecule has 0 radical (unpaired) electrons. The third-order valence-corrected chi connectivity index (χ3v) is 7.44. The van der Waals surface area contributed by atoms with Gasteiger partial charge in [0.05, 0.1) is 18.6 Å². The smallest absolute Gasteiger partial charge is 0.236 e. The van der Waals surface area contributed by atoms with Gasteiger partial charge in [0.2, 0.25) is 5.91 Å². The van der Waals surface area contributed by atoms with Gasteiger partial charge in [-0.2, -0.15) is 10.2 Å². The average Bonchev–Trinajstić information content (AvgIpc) is 3.51. The standard InChI is InChI=1S/C29H32N8O/c1-34(2)27(38)18-35-12-6-9-23(16-35)26-14-24(28-29(30)31-19-32-37(26)28)21-10-11-22-17-36(33-25(22)13-21)15-20-7-4-3-5-8-20/h3-5,7-8,10-11,13-14,17,19,23H,6,9,12,15-16,18H2,1-2H3,(H2,30,31,32). The molecule has 1 aliphatic heterocycles. The maximum Gasteiger partial charge on any atom is 0.236 e. The number of nitrogens with two attached hydrogens (primary N) is 1. The number of carbonyl (C=O) groups is 1. The van der Waals surface area contributed by atoms with Crippen LogP contribution in [0.1, 0.15) is 30.0 Å². The van der Waals surface area contributed by atoms with E-state index in [1.165, 1.54) is 11.9 Å². The first-order valence-corrected chi connectivity index (χ1v) is 13.0. The molecule has 0 aliphatic carbocycles. The summed E-state index contributed by atoms with van der Waals surface area (Å²) in [5, 5.41) is 10.5. The molecule has 1 aliphatic rings. The number of piperidine rings is 1. The second kappa shape index (κ2) is 9.90. The molecular formula is C29H32N8O. The summed E-state index contributed by atoms with van der Waals surface area (Å²) in [6.07, 6.45) is 5.66. The van der Waals surface area contributed by atoms with Crippen LogP contribution in [0.3, 0.4) is 0 Å². The average molecular weight is 509 g/mol. The fourth-order valence-corrected chi connectivity index (χ4v) is 5.46. The lowest BCUT2D eigenvalue weighted by Gasteiger charge is -2.32. The lowest BCUT2D eigenvalue weighted by molar-refractivity contribution is -0.130. The highest BCUT2D eigenvalue weighted by Gasteiger charge is 2.27. The van der Waals surface area contributed by atoms with Crippen LogP contribution in [0, 0.1) is 0 Å². The van der Waals surface area contributed by atoms with Crippen molar-refractivity contribution in [3.05, 3.63) is 78.4 Å². The number of likely N-dealkylation sites (N-methyl/N-ethyl adjacent to an activating group) is 1. The normalized spacial score (nSPS) is 16.3.